The number of aromatic nitrogens is 4. The van der Waals surface area contributed by atoms with E-state index < -0.39 is 0 Å². The van der Waals surface area contributed by atoms with Crippen molar-refractivity contribution in [3.63, 3.8) is 0 Å². The van der Waals surface area contributed by atoms with Crippen molar-refractivity contribution < 1.29 is 4.79 Å². The molecular weight excluding hydrogens is 502 g/mol. The van der Waals surface area contributed by atoms with Crippen molar-refractivity contribution in [2.24, 2.45) is 0 Å². The number of benzene rings is 2. The van der Waals surface area contributed by atoms with Crippen LogP contribution in [0.4, 0.5) is 5.82 Å². The first-order chi connectivity index (χ1) is 16.1. The third kappa shape index (κ3) is 4.55. The number of H-pyrrole nitrogens is 1. The molecule has 5 aromatic rings. The van der Waals surface area contributed by atoms with Crippen molar-refractivity contribution in [1.29, 1.82) is 0 Å². The van der Waals surface area contributed by atoms with Gasteiger partial charge in [-0.2, -0.15) is 9.78 Å². The van der Waals surface area contributed by atoms with E-state index in [9.17, 15) is 9.59 Å². The summed E-state index contributed by atoms with van der Waals surface area (Å²) in [7, 11) is 0. The summed E-state index contributed by atoms with van der Waals surface area (Å²) in [6, 6.07) is 23.5. The van der Waals surface area contributed by atoms with E-state index in [1.54, 1.807) is 24.3 Å². The Kier molecular flexibility index (Phi) is 5.72. The van der Waals surface area contributed by atoms with Crippen molar-refractivity contribution in [1.82, 2.24) is 19.7 Å². The number of nitrogens with one attached hydrogen (secondary N) is 2. The van der Waals surface area contributed by atoms with E-state index in [4.69, 9.17) is 0 Å². The number of carbonyl (C=O) groups is 1. The summed E-state index contributed by atoms with van der Waals surface area (Å²) in [4.78, 5) is 33.7. The van der Waals surface area contributed by atoms with Gasteiger partial charge in [0.25, 0.3) is 11.5 Å². The molecule has 7 nitrogen and oxygen atoms in total. The smallest absolute Gasteiger partial charge is 0.256 e. The first kappa shape index (κ1) is 21.0. The summed E-state index contributed by atoms with van der Waals surface area (Å²) < 4.78 is 2.24. The standard InChI is InChI=1S/C24H16BrN5O2S/c25-17-9-4-8-16(12-17)23(32)27-21-13-19(20-10-5-11-33-20)29-30(21)24-26-18(14-22(31)28-24)15-6-2-1-3-7-15/h1-14H,(H,27,32)(H,26,28,31). The van der Waals surface area contributed by atoms with Gasteiger partial charge in [0.1, 0.15) is 11.5 Å². The van der Waals surface area contributed by atoms with Crippen LogP contribution in [0.25, 0.3) is 27.8 Å². The van der Waals surface area contributed by atoms with Crippen LogP contribution < -0.4 is 10.9 Å². The van der Waals surface area contributed by atoms with E-state index in [2.05, 4.69) is 36.3 Å². The number of hydrogen-bond donors (Lipinski definition) is 2. The third-order valence-corrected chi connectivity index (χ3v) is 6.20. The summed E-state index contributed by atoms with van der Waals surface area (Å²) >= 11 is 4.92. The summed E-state index contributed by atoms with van der Waals surface area (Å²) in [5, 5.41) is 9.48. The number of halogens is 1. The molecule has 0 unspecified atom stereocenters. The van der Waals surface area contributed by atoms with Crippen LogP contribution in [-0.2, 0) is 0 Å². The molecule has 3 aromatic heterocycles. The second-order valence-electron chi connectivity index (χ2n) is 7.09. The summed E-state index contributed by atoms with van der Waals surface area (Å²) in [5.41, 5.74) is 2.12. The molecule has 5 rings (SSSR count). The van der Waals surface area contributed by atoms with Gasteiger partial charge in [0.2, 0.25) is 5.95 Å². The van der Waals surface area contributed by atoms with Gasteiger partial charge >= 0.3 is 0 Å². The van der Waals surface area contributed by atoms with Crippen LogP contribution in [-0.4, -0.2) is 25.7 Å². The van der Waals surface area contributed by atoms with Gasteiger partial charge in [0, 0.05) is 27.7 Å². The van der Waals surface area contributed by atoms with Crippen molar-refractivity contribution in [2.45, 2.75) is 0 Å². The quantitative estimate of drug-likeness (QED) is 0.328. The number of anilines is 1. The highest BCUT2D eigenvalue weighted by molar-refractivity contribution is 9.10. The molecule has 162 valence electrons. The van der Waals surface area contributed by atoms with Crippen LogP contribution in [0.15, 0.2) is 93.5 Å². The van der Waals surface area contributed by atoms with Crippen LogP contribution in [0, 0.1) is 0 Å². The van der Waals surface area contributed by atoms with E-state index in [1.165, 1.54) is 22.1 Å². The van der Waals surface area contributed by atoms with Gasteiger partial charge in [-0.1, -0.05) is 58.4 Å². The number of amides is 1. The lowest BCUT2D eigenvalue weighted by Crippen LogP contribution is -2.18. The zero-order valence-electron chi connectivity index (χ0n) is 17.0. The Morgan fingerprint density at radius 2 is 1.82 bits per heavy atom. The number of aromatic amines is 1. The molecule has 2 aromatic carbocycles. The molecule has 0 radical (unpaired) electrons. The molecule has 0 bridgehead atoms. The molecule has 9 heteroatoms. The van der Waals surface area contributed by atoms with E-state index in [1.807, 2.05) is 53.9 Å². The average molecular weight is 518 g/mol. The van der Waals surface area contributed by atoms with E-state index in [-0.39, 0.29) is 17.4 Å². The second kappa shape index (κ2) is 8.97. The zero-order valence-corrected chi connectivity index (χ0v) is 19.4. The number of thiophene rings is 1. The Morgan fingerprint density at radius 1 is 0.970 bits per heavy atom. The van der Waals surface area contributed by atoms with Crippen molar-refractivity contribution in [3.05, 3.63) is 105 Å². The summed E-state index contributed by atoms with van der Waals surface area (Å²) in [5.74, 6) is 0.280. The molecule has 33 heavy (non-hydrogen) atoms. The highest BCUT2D eigenvalue weighted by atomic mass is 79.9. The maximum atomic E-state index is 12.9. The van der Waals surface area contributed by atoms with Gasteiger partial charge in [-0.25, -0.2) is 4.98 Å². The SMILES string of the molecule is O=C(Nc1cc(-c2cccs2)nn1-c1nc(-c2ccccc2)cc(=O)[nH]1)c1cccc(Br)c1. The topological polar surface area (TPSA) is 92.7 Å². The molecule has 0 fully saturated rings. The Balaban J connectivity index is 1.60. The van der Waals surface area contributed by atoms with Crippen molar-refractivity contribution in [3.8, 4) is 27.8 Å². The van der Waals surface area contributed by atoms with Gasteiger partial charge in [0.15, 0.2) is 0 Å². The first-order valence-electron chi connectivity index (χ1n) is 9.95. The van der Waals surface area contributed by atoms with E-state index >= 15 is 0 Å². The average Bonchev–Trinajstić information content (AvgIpc) is 3.49. The molecule has 1 amide bonds. The largest absolute Gasteiger partial charge is 0.306 e. The lowest BCUT2D eigenvalue weighted by Gasteiger charge is -2.09. The minimum Gasteiger partial charge on any atom is -0.306 e. The monoisotopic (exact) mass is 517 g/mol. The van der Waals surface area contributed by atoms with Crippen LogP contribution in [0.3, 0.4) is 0 Å². The minimum absolute atomic E-state index is 0.203. The molecule has 0 aliphatic carbocycles. The molecule has 0 saturated heterocycles. The molecule has 3 heterocycles. The fourth-order valence-corrected chi connectivity index (χ4v) is 4.38. The Hall–Kier alpha value is -3.82. The van der Waals surface area contributed by atoms with Gasteiger partial charge in [-0.05, 0) is 29.6 Å². The highest BCUT2D eigenvalue weighted by Crippen LogP contribution is 2.28. The Bertz CT molecular complexity index is 1490. The zero-order chi connectivity index (χ0) is 22.8. The second-order valence-corrected chi connectivity index (χ2v) is 8.95. The number of carbonyl (C=O) groups excluding carboxylic acids is 1. The number of hydrogen-bond acceptors (Lipinski definition) is 5. The predicted molar refractivity (Wildman–Crippen MR) is 133 cm³/mol. The maximum absolute atomic E-state index is 12.9. The summed E-state index contributed by atoms with van der Waals surface area (Å²) in [6.07, 6.45) is 0. The van der Waals surface area contributed by atoms with Gasteiger partial charge < -0.3 is 5.32 Å². The first-order valence-corrected chi connectivity index (χ1v) is 11.6. The maximum Gasteiger partial charge on any atom is 0.256 e. The molecule has 0 saturated carbocycles. The predicted octanol–water partition coefficient (Wildman–Crippen LogP) is 5.37. The molecule has 0 aliphatic rings. The third-order valence-electron chi connectivity index (χ3n) is 4.81. The van der Waals surface area contributed by atoms with Gasteiger partial charge in [-0.3, -0.25) is 14.6 Å². The Morgan fingerprint density at radius 3 is 2.58 bits per heavy atom. The van der Waals surface area contributed by atoms with Crippen LogP contribution >= 0.6 is 27.3 Å². The van der Waals surface area contributed by atoms with Crippen LogP contribution in [0.1, 0.15) is 10.4 Å². The van der Waals surface area contributed by atoms with E-state index in [0.717, 1.165) is 14.9 Å². The number of rotatable bonds is 5. The fourth-order valence-electron chi connectivity index (χ4n) is 3.30. The van der Waals surface area contributed by atoms with Crippen LogP contribution in [0.5, 0.6) is 0 Å². The fraction of sp³-hybridized carbons (Fsp3) is 0. The number of nitrogens with zero attached hydrogens (tertiary/aromatic N) is 3. The van der Waals surface area contributed by atoms with E-state index in [0.29, 0.717) is 22.8 Å². The van der Waals surface area contributed by atoms with Crippen molar-refractivity contribution >= 4 is 39.0 Å². The summed E-state index contributed by atoms with van der Waals surface area (Å²) in [6.45, 7) is 0. The molecule has 0 aliphatic heterocycles. The van der Waals surface area contributed by atoms with Gasteiger partial charge in [0.05, 0.1) is 10.6 Å². The minimum atomic E-state index is -0.323. The van der Waals surface area contributed by atoms with Crippen molar-refractivity contribution in [2.75, 3.05) is 5.32 Å². The molecular formula is C24H16BrN5O2S. The van der Waals surface area contributed by atoms with Crippen LogP contribution in [0.2, 0.25) is 0 Å². The normalized spacial score (nSPS) is 10.8. The molecule has 0 spiro atoms. The highest BCUT2D eigenvalue weighted by Gasteiger charge is 2.18. The lowest BCUT2D eigenvalue weighted by atomic mass is 10.1. The molecule has 0 atom stereocenters. The lowest BCUT2D eigenvalue weighted by molar-refractivity contribution is 0.102. The molecule has 2 N–H and O–H groups in total. The Labute approximate surface area is 200 Å². The van der Waals surface area contributed by atoms with Gasteiger partial charge in [-0.15, -0.1) is 11.3 Å².